The number of aromatic nitrogens is 1. The molecule has 0 fully saturated rings. The molecule has 1 amide bonds. The van der Waals surface area contributed by atoms with Crippen LogP contribution in [0, 0.1) is 0 Å². The van der Waals surface area contributed by atoms with Gasteiger partial charge in [0, 0.05) is 29.1 Å². The maximum Gasteiger partial charge on any atom is 0.255 e. The van der Waals surface area contributed by atoms with E-state index in [4.69, 9.17) is 4.42 Å². The van der Waals surface area contributed by atoms with Crippen molar-refractivity contribution in [3.63, 3.8) is 0 Å². The zero-order chi connectivity index (χ0) is 15.1. The van der Waals surface area contributed by atoms with Gasteiger partial charge in [0.1, 0.15) is 5.82 Å². The molecule has 4 rings (SSSR count). The maximum absolute atomic E-state index is 12.4. The number of aliphatic hydroxyl groups excluding tert-OH is 1. The number of para-hydroxylation sites is 1. The van der Waals surface area contributed by atoms with Gasteiger partial charge in [-0.2, -0.15) is 0 Å². The van der Waals surface area contributed by atoms with Crippen LogP contribution in [0.5, 0.6) is 0 Å². The third kappa shape index (κ3) is 1.90. The van der Waals surface area contributed by atoms with Crippen LogP contribution in [0.2, 0.25) is 0 Å². The van der Waals surface area contributed by atoms with Crippen LogP contribution in [0.4, 0.5) is 5.82 Å². The molecule has 2 aromatic heterocycles. The Balaban J connectivity index is 1.68. The number of benzene rings is 1. The lowest BCUT2D eigenvalue weighted by Crippen LogP contribution is -2.27. The molecular formula is C17H14N2O3. The van der Waals surface area contributed by atoms with Crippen LogP contribution in [0.1, 0.15) is 11.3 Å². The smallest absolute Gasteiger partial charge is 0.255 e. The van der Waals surface area contributed by atoms with E-state index in [9.17, 15) is 9.90 Å². The van der Waals surface area contributed by atoms with Gasteiger partial charge < -0.3 is 14.5 Å². The predicted molar refractivity (Wildman–Crippen MR) is 83.7 cm³/mol. The topological polar surface area (TPSA) is 69.5 Å². The van der Waals surface area contributed by atoms with Crippen molar-refractivity contribution in [1.29, 1.82) is 0 Å². The number of nitrogens with one attached hydrogen (secondary N) is 1. The molecule has 0 saturated carbocycles. The molecule has 3 heterocycles. The number of carbonyl (C=O) groups is 1. The van der Waals surface area contributed by atoms with Crippen LogP contribution < -0.4 is 4.90 Å². The van der Waals surface area contributed by atoms with Gasteiger partial charge in [-0.1, -0.05) is 18.2 Å². The van der Waals surface area contributed by atoms with E-state index < -0.39 is 0 Å². The third-order valence-electron chi connectivity index (χ3n) is 3.95. The first-order valence-corrected chi connectivity index (χ1v) is 7.09. The summed E-state index contributed by atoms with van der Waals surface area (Å²) >= 11 is 0. The SMILES string of the molecule is O=C(/C=C(\O)c1ccco1)N1CCc2c1[nH]c1ccccc21. The molecule has 2 N–H and O–H groups in total. The van der Waals surface area contributed by atoms with Gasteiger partial charge in [-0.3, -0.25) is 9.69 Å². The molecule has 22 heavy (non-hydrogen) atoms. The Hall–Kier alpha value is -2.95. The van der Waals surface area contributed by atoms with Crippen LogP contribution in [0.3, 0.4) is 0 Å². The van der Waals surface area contributed by atoms with Crippen molar-refractivity contribution in [1.82, 2.24) is 4.98 Å². The Morgan fingerprint density at radius 1 is 1.27 bits per heavy atom. The average Bonchev–Trinajstić information content (AvgIpc) is 3.23. The molecule has 0 aliphatic carbocycles. The van der Waals surface area contributed by atoms with Crippen LogP contribution in [-0.2, 0) is 11.2 Å². The quantitative estimate of drug-likeness (QED) is 0.563. The van der Waals surface area contributed by atoms with Gasteiger partial charge in [0.15, 0.2) is 11.5 Å². The number of carbonyl (C=O) groups excluding carboxylic acids is 1. The summed E-state index contributed by atoms with van der Waals surface area (Å²) in [5, 5.41) is 11.1. The molecule has 110 valence electrons. The highest BCUT2D eigenvalue weighted by molar-refractivity contribution is 6.07. The molecule has 0 bridgehead atoms. The highest BCUT2D eigenvalue weighted by Gasteiger charge is 2.27. The Kier molecular flexibility index (Phi) is 2.79. The Morgan fingerprint density at radius 3 is 2.95 bits per heavy atom. The second-order valence-electron chi connectivity index (χ2n) is 5.24. The minimum absolute atomic E-state index is 0.167. The predicted octanol–water partition coefficient (Wildman–Crippen LogP) is 3.25. The minimum Gasteiger partial charge on any atom is -0.504 e. The number of nitrogens with zero attached hydrogens (tertiary/aromatic N) is 1. The summed E-state index contributed by atoms with van der Waals surface area (Å²) in [7, 11) is 0. The molecule has 0 saturated heterocycles. The number of aromatic amines is 1. The average molecular weight is 294 g/mol. The zero-order valence-corrected chi connectivity index (χ0v) is 11.7. The molecule has 5 heteroatoms. The van der Waals surface area contributed by atoms with Crippen LogP contribution in [-0.4, -0.2) is 22.5 Å². The van der Waals surface area contributed by atoms with Crippen molar-refractivity contribution >= 4 is 28.4 Å². The zero-order valence-electron chi connectivity index (χ0n) is 11.7. The second kappa shape index (κ2) is 4.80. The van der Waals surface area contributed by atoms with Crippen molar-refractivity contribution in [3.8, 4) is 0 Å². The molecule has 5 nitrogen and oxygen atoms in total. The Morgan fingerprint density at radius 2 is 2.14 bits per heavy atom. The fourth-order valence-electron chi connectivity index (χ4n) is 2.92. The van der Waals surface area contributed by atoms with E-state index in [0.717, 1.165) is 28.7 Å². The highest BCUT2D eigenvalue weighted by Crippen LogP contribution is 2.34. The summed E-state index contributed by atoms with van der Waals surface area (Å²) in [6.45, 7) is 0.604. The molecule has 3 aromatic rings. The van der Waals surface area contributed by atoms with E-state index in [1.807, 2.05) is 18.2 Å². The highest BCUT2D eigenvalue weighted by atomic mass is 16.4. The molecule has 1 aliphatic rings. The number of rotatable bonds is 2. The standard InChI is InChI=1S/C17H14N2O3/c20-14(15-6-3-9-22-15)10-16(21)19-8-7-12-11-4-1-2-5-13(11)18-17(12)19/h1-6,9-10,18,20H,7-8H2/b14-10-. The number of aliphatic hydroxyl groups is 1. The monoisotopic (exact) mass is 294 g/mol. The lowest BCUT2D eigenvalue weighted by Gasteiger charge is -2.13. The number of amides is 1. The van der Waals surface area contributed by atoms with Crippen LogP contribution in [0.15, 0.2) is 53.2 Å². The summed E-state index contributed by atoms with van der Waals surface area (Å²) in [6, 6.07) is 11.3. The second-order valence-corrected chi connectivity index (χ2v) is 5.24. The van der Waals surface area contributed by atoms with Crippen LogP contribution >= 0.6 is 0 Å². The van der Waals surface area contributed by atoms with E-state index in [1.54, 1.807) is 17.0 Å². The lowest BCUT2D eigenvalue weighted by molar-refractivity contribution is -0.114. The summed E-state index contributed by atoms with van der Waals surface area (Å²) in [5.74, 6) is 0.665. The van der Waals surface area contributed by atoms with E-state index >= 15 is 0 Å². The molecule has 1 aromatic carbocycles. The third-order valence-corrected chi connectivity index (χ3v) is 3.95. The maximum atomic E-state index is 12.4. The number of furan rings is 1. The van der Waals surface area contributed by atoms with Crippen molar-refractivity contribution in [2.24, 2.45) is 0 Å². The first-order valence-electron chi connectivity index (χ1n) is 7.09. The van der Waals surface area contributed by atoms with E-state index in [1.165, 1.54) is 12.3 Å². The Bertz CT molecular complexity index is 875. The van der Waals surface area contributed by atoms with Gasteiger partial charge in [0.2, 0.25) is 0 Å². The molecule has 0 unspecified atom stereocenters. The van der Waals surface area contributed by atoms with E-state index in [-0.39, 0.29) is 17.4 Å². The fourth-order valence-corrected chi connectivity index (χ4v) is 2.92. The molecule has 0 spiro atoms. The van der Waals surface area contributed by atoms with E-state index in [0.29, 0.717) is 6.54 Å². The van der Waals surface area contributed by atoms with Gasteiger partial charge in [-0.25, -0.2) is 0 Å². The van der Waals surface area contributed by atoms with Gasteiger partial charge in [-0.05, 0) is 24.6 Å². The van der Waals surface area contributed by atoms with Gasteiger partial charge in [-0.15, -0.1) is 0 Å². The summed E-state index contributed by atoms with van der Waals surface area (Å²) in [4.78, 5) is 17.4. The number of hydrogen-bond acceptors (Lipinski definition) is 3. The number of hydrogen-bond donors (Lipinski definition) is 2. The molecule has 0 atom stereocenters. The van der Waals surface area contributed by atoms with Crippen molar-refractivity contribution in [2.45, 2.75) is 6.42 Å². The van der Waals surface area contributed by atoms with E-state index in [2.05, 4.69) is 11.1 Å². The molecular weight excluding hydrogens is 280 g/mol. The molecule has 0 radical (unpaired) electrons. The lowest BCUT2D eigenvalue weighted by atomic mass is 10.1. The summed E-state index contributed by atoms with van der Waals surface area (Å²) < 4.78 is 5.08. The minimum atomic E-state index is -0.265. The molecule has 1 aliphatic heterocycles. The largest absolute Gasteiger partial charge is 0.504 e. The number of fused-ring (bicyclic) bond motifs is 3. The fraction of sp³-hybridized carbons (Fsp3) is 0.118. The normalized spacial score (nSPS) is 14.5. The first kappa shape index (κ1) is 12.8. The van der Waals surface area contributed by atoms with Gasteiger partial charge >= 0.3 is 0 Å². The van der Waals surface area contributed by atoms with Gasteiger partial charge in [0.05, 0.1) is 6.26 Å². The Labute approximate surface area is 126 Å². The van der Waals surface area contributed by atoms with Gasteiger partial charge in [0.25, 0.3) is 5.91 Å². The number of H-pyrrole nitrogens is 1. The van der Waals surface area contributed by atoms with Crippen molar-refractivity contribution in [2.75, 3.05) is 11.4 Å². The van der Waals surface area contributed by atoms with Crippen molar-refractivity contribution in [3.05, 3.63) is 60.1 Å². The summed E-state index contributed by atoms with van der Waals surface area (Å²) in [5.41, 5.74) is 2.17. The summed E-state index contributed by atoms with van der Waals surface area (Å²) in [6.07, 6.45) is 3.45. The number of anilines is 1. The van der Waals surface area contributed by atoms with Crippen LogP contribution in [0.25, 0.3) is 16.7 Å². The first-order chi connectivity index (χ1) is 10.7. The van der Waals surface area contributed by atoms with Crippen molar-refractivity contribution < 1.29 is 14.3 Å².